The lowest BCUT2D eigenvalue weighted by molar-refractivity contribution is 0.459. The summed E-state index contributed by atoms with van der Waals surface area (Å²) in [7, 11) is 0. The summed E-state index contributed by atoms with van der Waals surface area (Å²) in [5.41, 5.74) is 0. The lowest BCUT2D eigenvalue weighted by atomic mass is 9.98. The fourth-order valence-electron chi connectivity index (χ4n) is 2.88. The van der Waals surface area contributed by atoms with Crippen LogP contribution in [0.3, 0.4) is 0 Å². The first-order valence-electron chi connectivity index (χ1n) is 8.13. The van der Waals surface area contributed by atoms with Gasteiger partial charge in [0.2, 0.25) is 0 Å². The molecule has 4 heteroatoms. The van der Waals surface area contributed by atoms with E-state index in [1.807, 2.05) is 0 Å². The third kappa shape index (κ3) is 3.84. The van der Waals surface area contributed by atoms with Crippen molar-refractivity contribution in [1.82, 2.24) is 9.97 Å². The Bertz CT molecular complexity index is 419. The van der Waals surface area contributed by atoms with Gasteiger partial charge >= 0.3 is 0 Å². The van der Waals surface area contributed by atoms with Gasteiger partial charge in [0.25, 0.3) is 0 Å². The average Bonchev–Trinajstić information content (AvgIpc) is 2.72. The van der Waals surface area contributed by atoms with Crippen molar-refractivity contribution in [2.75, 3.05) is 29.9 Å². The molecule has 112 valence electrons. The molecule has 1 fully saturated rings. The minimum absolute atomic E-state index is 0.887. The molecule has 0 saturated carbocycles. The van der Waals surface area contributed by atoms with E-state index in [1.54, 1.807) is 0 Å². The molecule has 0 aliphatic carbocycles. The number of hydrogen-bond acceptors (Lipinski definition) is 4. The zero-order chi connectivity index (χ0) is 14.4. The van der Waals surface area contributed by atoms with E-state index in [0.717, 1.165) is 49.4 Å². The maximum absolute atomic E-state index is 4.73. The van der Waals surface area contributed by atoms with E-state index < -0.39 is 0 Å². The molecule has 0 spiro atoms. The molecular formula is C16H28N4. The van der Waals surface area contributed by atoms with Gasteiger partial charge in [-0.3, -0.25) is 0 Å². The first kappa shape index (κ1) is 15.1. The fraction of sp³-hybridized carbons (Fsp3) is 0.750. The number of anilines is 2. The summed E-state index contributed by atoms with van der Waals surface area (Å²) in [5.74, 6) is 3.89. The lowest BCUT2D eigenvalue weighted by Crippen LogP contribution is -2.26. The predicted octanol–water partition coefficient (Wildman–Crippen LogP) is 3.49. The van der Waals surface area contributed by atoms with E-state index in [-0.39, 0.29) is 0 Å². The molecule has 0 radical (unpaired) electrons. The Balaban J connectivity index is 2.15. The number of nitrogens with one attached hydrogen (secondary N) is 1. The number of aryl methyl sites for hydroxylation is 1. The molecule has 0 aromatic carbocycles. The molecule has 0 bridgehead atoms. The highest BCUT2D eigenvalue weighted by Gasteiger charge is 2.17. The van der Waals surface area contributed by atoms with Crippen LogP contribution in [0, 0.1) is 5.92 Å². The maximum atomic E-state index is 4.73. The van der Waals surface area contributed by atoms with Gasteiger partial charge in [-0.05, 0) is 32.1 Å². The smallest absolute Gasteiger partial charge is 0.134 e. The van der Waals surface area contributed by atoms with Crippen molar-refractivity contribution in [1.29, 1.82) is 0 Å². The summed E-state index contributed by atoms with van der Waals surface area (Å²) in [6, 6.07) is 2.11. The average molecular weight is 276 g/mol. The summed E-state index contributed by atoms with van der Waals surface area (Å²) in [6.07, 6.45) is 6.12. The second-order valence-corrected chi connectivity index (χ2v) is 5.60. The molecule has 1 atom stereocenters. The molecule has 1 aromatic rings. The van der Waals surface area contributed by atoms with Crippen LogP contribution < -0.4 is 10.2 Å². The van der Waals surface area contributed by atoms with Crippen LogP contribution in [0.25, 0.3) is 0 Å². The topological polar surface area (TPSA) is 41.0 Å². The molecule has 0 amide bonds. The second kappa shape index (κ2) is 7.46. The standard InChI is InChI=1S/C16H28N4/c1-4-13-8-7-10-20(11-9-13)16-12-15(17-6-3)18-14(5-2)19-16/h12-13H,4-11H2,1-3H3,(H,17,18,19). The van der Waals surface area contributed by atoms with E-state index in [9.17, 15) is 0 Å². The molecule has 2 rings (SSSR count). The second-order valence-electron chi connectivity index (χ2n) is 5.60. The highest BCUT2D eigenvalue weighted by molar-refractivity contribution is 5.49. The van der Waals surface area contributed by atoms with Gasteiger partial charge < -0.3 is 10.2 Å². The Morgan fingerprint density at radius 1 is 1.20 bits per heavy atom. The molecule has 1 aliphatic heterocycles. The zero-order valence-corrected chi connectivity index (χ0v) is 13.2. The third-order valence-electron chi connectivity index (χ3n) is 4.18. The van der Waals surface area contributed by atoms with Gasteiger partial charge in [0.05, 0.1) is 0 Å². The highest BCUT2D eigenvalue weighted by Crippen LogP contribution is 2.24. The van der Waals surface area contributed by atoms with Gasteiger partial charge in [0.15, 0.2) is 0 Å². The fourth-order valence-corrected chi connectivity index (χ4v) is 2.88. The zero-order valence-electron chi connectivity index (χ0n) is 13.2. The Morgan fingerprint density at radius 2 is 2.05 bits per heavy atom. The molecule has 1 aliphatic rings. The molecule has 2 heterocycles. The number of nitrogens with zero attached hydrogens (tertiary/aromatic N) is 3. The highest BCUT2D eigenvalue weighted by atomic mass is 15.2. The Labute approximate surface area is 123 Å². The summed E-state index contributed by atoms with van der Waals surface area (Å²) in [5, 5.41) is 3.32. The Kier molecular flexibility index (Phi) is 5.62. The summed E-state index contributed by atoms with van der Waals surface area (Å²) < 4.78 is 0. The van der Waals surface area contributed by atoms with Crippen LogP contribution in [0.5, 0.6) is 0 Å². The van der Waals surface area contributed by atoms with Crippen molar-refractivity contribution in [3.05, 3.63) is 11.9 Å². The van der Waals surface area contributed by atoms with Crippen molar-refractivity contribution < 1.29 is 0 Å². The number of hydrogen-bond donors (Lipinski definition) is 1. The van der Waals surface area contributed by atoms with Crippen LogP contribution in [0.4, 0.5) is 11.6 Å². The third-order valence-corrected chi connectivity index (χ3v) is 4.18. The first-order valence-corrected chi connectivity index (χ1v) is 8.13. The maximum Gasteiger partial charge on any atom is 0.134 e. The van der Waals surface area contributed by atoms with Crippen molar-refractivity contribution in [2.24, 2.45) is 5.92 Å². The molecule has 1 N–H and O–H groups in total. The van der Waals surface area contributed by atoms with E-state index in [4.69, 9.17) is 4.98 Å². The van der Waals surface area contributed by atoms with Gasteiger partial charge in [-0.2, -0.15) is 0 Å². The summed E-state index contributed by atoms with van der Waals surface area (Å²) >= 11 is 0. The molecule has 1 aromatic heterocycles. The van der Waals surface area contributed by atoms with Gasteiger partial charge in [-0.15, -0.1) is 0 Å². The van der Waals surface area contributed by atoms with E-state index in [0.29, 0.717) is 0 Å². The SMILES string of the molecule is CCNc1cc(N2CCCC(CC)CC2)nc(CC)n1. The van der Waals surface area contributed by atoms with Crippen LogP contribution >= 0.6 is 0 Å². The summed E-state index contributed by atoms with van der Waals surface area (Å²) in [6.45, 7) is 9.68. The van der Waals surface area contributed by atoms with Crippen LogP contribution in [-0.4, -0.2) is 29.6 Å². The molecule has 20 heavy (non-hydrogen) atoms. The monoisotopic (exact) mass is 276 g/mol. The predicted molar refractivity (Wildman–Crippen MR) is 85.4 cm³/mol. The van der Waals surface area contributed by atoms with Crippen molar-refractivity contribution in [2.45, 2.75) is 52.9 Å². The van der Waals surface area contributed by atoms with Crippen LogP contribution in [0.2, 0.25) is 0 Å². The van der Waals surface area contributed by atoms with E-state index in [1.165, 1.54) is 25.7 Å². The quantitative estimate of drug-likeness (QED) is 0.894. The summed E-state index contributed by atoms with van der Waals surface area (Å²) in [4.78, 5) is 11.7. The van der Waals surface area contributed by atoms with Gasteiger partial charge in [-0.1, -0.05) is 20.3 Å². The van der Waals surface area contributed by atoms with Crippen molar-refractivity contribution in [3.8, 4) is 0 Å². The molecule has 1 saturated heterocycles. The van der Waals surface area contributed by atoms with Crippen LogP contribution in [0.1, 0.15) is 52.3 Å². The first-order chi connectivity index (χ1) is 9.76. The number of rotatable bonds is 5. The van der Waals surface area contributed by atoms with Crippen molar-refractivity contribution in [3.63, 3.8) is 0 Å². The molecule has 1 unspecified atom stereocenters. The van der Waals surface area contributed by atoms with Gasteiger partial charge in [0.1, 0.15) is 17.5 Å². The number of aromatic nitrogens is 2. The molecule has 4 nitrogen and oxygen atoms in total. The normalized spacial score (nSPS) is 19.8. The lowest BCUT2D eigenvalue weighted by Gasteiger charge is -2.22. The Morgan fingerprint density at radius 3 is 2.75 bits per heavy atom. The van der Waals surface area contributed by atoms with Gasteiger partial charge in [0, 0.05) is 32.1 Å². The largest absolute Gasteiger partial charge is 0.370 e. The Hall–Kier alpha value is -1.32. The van der Waals surface area contributed by atoms with Crippen LogP contribution in [0.15, 0.2) is 6.07 Å². The molecular weight excluding hydrogens is 248 g/mol. The van der Waals surface area contributed by atoms with E-state index >= 15 is 0 Å². The van der Waals surface area contributed by atoms with Crippen molar-refractivity contribution >= 4 is 11.6 Å². The minimum Gasteiger partial charge on any atom is -0.370 e. The van der Waals surface area contributed by atoms with Gasteiger partial charge in [-0.25, -0.2) is 9.97 Å². The van der Waals surface area contributed by atoms with E-state index in [2.05, 4.69) is 42.0 Å². The minimum atomic E-state index is 0.887. The van der Waals surface area contributed by atoms with Crippen LogP contribution in [-0.2, 0) is 6.42 Å².